The second-order valence-corrected chi connectivity index (χ2v) is 6.29. The van der Waals surface area contributed by atoms with Crippen molar-refractivity contribution in [2.24, 2.45) is 0 Å². The molecule has 2 aromatic rings. The molecule has 0 unspecified atom stereocenters. The van der Waals surface area contributed by atoms with Crippen molar-refractivity contribution in [2.75, 3.05) is 11.9 Å². The third-order valence-electron chi connectivity index (χ3n) is 3.18. The molecule has 0 aliphatic heterocycles. The van der Waals surface area contributed by atoms with Gasteiger partial charge in [0.15, 0.2) is 11.5 Å². The van der Waals surface area contributed by atoms with Crippen LogP contribution in [0.4, 0.5) is 10.1 Å². The van der Waals surface area contributed by atoms with Gasteiger partial charge in [0.05, 0.1) is 17.7 Å². The zero-order valence-electron chi connectivity index (χ0n) is 13.8. The first kappa shape index (κ1) is 18.7. The zero-order valence-corrected chi connectivity index (χ0v) is 15.3. The van der Waals surface area contributed by atoms with Gasteiger partial charge in [-0.2, -0.15) is 0 Å². The van der Waals surface area contributed by atoms with Gasteiger partial charge in [0.25, 0.3) is 0 Å². The average Bonchev–Trinajstić information content (AvgIpc) is 2.51. The Bertz CT molecular complexity index is 708. The van der Waals surface area contributed by atoms with E-state index < -0.39 is 5.82 Å². The highest BCUT2D eigenvalue weighted by Crippen LogP contribution is 2.34. The van der Waals surface area contributed by atoms with Gasteiger partial charge in [0, 0.05) is 23.3 Å². The summed E-state index contributed by atoms with van der Waals surface area (Å²) in [7, 11) is 0. The van der Waals surface area contributed by atoms with Crippen molar-refractivity contribution >= 4 is 28.9 Å². The molecule has 3 nitrogen and oxygen atoms in total. The van der Waals surface area contributed by atoms with Gasteiger partial charge >= 0.3 is 0 Å². The van der Waals surface area contributed by atoms with Gasteiger partial charge in [-0.3, -0.25) is 0 Å². The molecule has 0 aliphatic rings. The molecule has 0 fully saturated rings. The minimum atomic E-state index is -0.450. The van der Waals surface area contributed by atoms with E-state index in [-0.39, 0.29) is 11.1 Å². The van der Waals surface area contributed by atoms with Crippen molar-refractivity contribution in [2.45, 2.75) is 33.4 Å². The summed E-state index contributed by atoms with van der Waals surface area (Å²) in [6, 6.07) is 8.07. The normalized spacial score (nSPS) is 10.8. The Morgan fingerprint density at radius 1 is 1.08 bits per heavy atom. The second-order valence-electron chi connectivity index (χ2n) is 5.47. The van der Waals surface area contributed by atoms with Crippen molar-refractivity contribution in [3.8, 4) is 11.5 Å². The standard InChI is InChI=1S/C18H20Cl2FNO2/c1-4-23-17-7-12(14(19)9-18(17)24-11(2)3)10-22-13-5-6-16(21)15(20)8-13/h5-9,11,22H,4,10H2,1-3H3. The molecule has 0 atom stereocenters. The lowest BCUT2D eigenvalue weighted by Gasteiger charge is -2.17. The Morgan fingerprint density at radius 2 is 1.83 bits per heavy atom. The van der Waals surface area contributed by atoms with E-state index in [9.17, 15) is 4.39 Å². The van der Waals surface area contributed by atoms with E-state index in [1.165, 1.54) is 12.1 Å². The van der Waals surface area contributed by atoms with Crippen molar-refractivity contribution < 1.29 is 13.9 Å². The Hall–Kier alpha value is -1.65. The van der Waals surface area contributed by atoms with Crippen LogP contribution < -0.4 is 14.8 Å². The summed E-state index contributed by atoms with van der Waals surface area (Å²) in [6.45, 7) is 6.76. The fourth-order valence-electron chi connectivity index (χ4n) is 2.13. The first-order valence-electron chi connectivity index (χ1n) is 7.71. The van der Waals surface area contributed by atoms with Crippen LogP contribution in [0.2, 0.25) is 10.0 Å². The number of hydrogen-bond donors (Lipinski definition) is 1. The van der Waals surface area contributed by atoms with Gasteiger partial charge in [-0.05, 0) is 50.6 Å². The SMILES string of the molecule is CCOc1cc(CNc2ccc(F)c(Cl)c2)c(Cl)cc1OC(C)C. The van der Waals surface area contributed by atoms with Gasteiger partial charge in [0.1, 0.15) is 5.82 Å². The largest absolute Gasteiger partial charge is 0.490 e. The molecule has 2 rings (SSSR count). The first-order valence-corrected chi connectivity index (χ1v) is 8.47. The molecule has 0 aromatic heterocycles. The number of halogens is 3. The van der Waals surface area contributed by atoms with Crippen LogP contribution in [0, 0.1) is 5.82 Å². The van der Waals surface area contributed by atoms with E-state index >= 15 is 0 Å². The van der Waals surface area contributed by atoms with Crippen LogP contribution in [-0.4, -0.2) is 12.7 Å². The molecule has 24 heavy (non-hydrogen) atoms. The van der Waals surface area contributed by atoms with E-state index in [0.717, 1.165) is 5.56 Å². The van der Waals surface area contributed by atoms with Gasteiger partial charge in [-0.1, -0.05) is 23.2 Å². The van der Waals surface area contributed by atoms with E-state index in [2.05, 4.69) is 5.32 Å². The minimum absolute atomic E-state index is 0.0191. The quantitative estimate of drug-likeness (QED) is 0.653. The summed E-state index contributed by atoms with van der Waals surface area (Å²) in [5.74, 6) is 0.809. The van der Waals surface area contributed by atoms with Crippen molar-refractivity contribution in [3.63, 3.8) is 0 Å². The van der Waals surface area contributed by atoms with Gasteiger partial charge in [0.2, 0.25) is 0 Å². The molecule has 1 N–H and O–H groups in total. The molecular weight excluding hydrogens is 352 g/mol. The van der Waals surface area contributed by atoms with Crippen LogP contribution in [0.1, 0.15) is 26.3 Å². The van der Waals surface area contributed by atoms with Crippen LogP contribution in [0.25, 0.3) is 0 Å². The van der Waals surface area contributed by atoms with Crippen LogP contribution in [-0.2, 0) is 6.54 Å². The molecule has 130 valence electrons. The highest BCUT2D eigenvalue weighted by Gasteiger charge is 2.12. The molecule has 0 aliphatic carbocycles. The lowest BCUT2D eigenvalue weighted by atomic mass is 10.2. The molecule has 0 amide bonds. The fourth-order valence-corrected chi connectivity index (χ4v) is 2.53. The number of benzene rings is 2. The molecule has 2 aromatic carbocycles. The molecule has 6 heteroatoms. The predicted molar refractivity (Wildman–Crippen MR) is 97.1 cm³/mol. The number of rotatable bonds is 7. The Balaban J connectivity index is 2.19. The molecule has 0 saturated carbocycles. The molecule has 0 spiro atoms. The third-order valence-corrected chi connectivity index (χ3v) is 3.82. The highest BCUT2D eigenvalue weighted by molar-refractivity contribution is 6.31. The fraction of sp³-hybridized carbons (Fsp3) is 0.333. The van der Waals surface area contributed by atoms with E-state index in [0.29, 0.717) is 35.4 Å². The summed E-state index contributed by atoms with van der Waals surface area (Å²) in [5, 5.41) is 3.80. The van der Waals surface area contributed by atoms with Crippen LogP contribution >= 0.6 is 23.2 Å². The van der Waals surface area contributed by atoms with Crippen molar-refractivity contribution in [1.82, 2.24) is 0 Å². The lowest BCUT2D eigenvalue weighted by molar-refractivity contribution is 0.224. The second kappa shape index (κ2) is 8.45. The number of hydrogen-bond acceptors (Lipinski definition) is 3. The smallest absolute Gasteiger partial charge is 0.163 e. The van der Waals surface area contributed by atoms with Crippen LogP contribution in [0.5, 0.6) is 11.5 Å². The van der Waals surface area contributed by atoms with Crippen molar-refractivity contribution in [1.29, 1.82) is 0 Å². The summed E-state index contributed by atoms with van der Waals surface area (Å²) in [4.78, 5) is 0. The molecule has 0 saturated heterocycles. The summed E-state index contributed by atoms with van der Waals surface area (Å²) < 4.78 is 24.6. The maximum Gasteiger partial charge on any atom is 0.163 e. The number of nitrogens with one attached hydrogen (secondary N) is 1. The highest BCUT2D eigenvalue weighted by atomic mass is 35.5. The zero-order chi connectivity index (χ0) is 17.7. The maximum absolute atomic E-state index is 13.2. The van der Waals surface area contributed by atoms with E-state index in [1.54, 1.807) is 12.1 Å². The van der Waals surface area contributed by atoms with E-state index in [1.807, 2.05) is 26.8 Å². The number of ether oxygens (including phenoxy) is 2. The maximum atomic E-state index is 13.2. The van der Waals surface area contributed by atoms with Gasteiger partial charge in [-0.25, -0.2) is 4.39 Å². The van der Waals surface area contributed by atoms with E-state index in [4.69, 9.17) is 32.7 Å². The molecule has 0 radical (unpaired) electrons. The Labute approximate surface area is 151 Å². The third kappa shape index (κ3) is 4.92. The average molecular weight is 372 g/mol. The summed E-state index contributed by atoms with van der Waals surface area (Å²) in [5.41, 5.74) is 1.55. The van der Waals surface area contributed by atoms with Crippen molar-refractivity contribution in [3.05, 3.63) is 51.8 Å². The summed E-state index contributed by atoms with van der Waals surface area (Å²) >= 11 is 12.1. The molecule has 0 bridgehead atoms. The Kier molecular flexibility index (Phi) is 6.58. The van der Waals surface area contributed by atoms with Crippen LogP contribution in [0.15, 0.2) is 30.3 Å². The Morgan fingerprint density at radius 3 is 2.46 bits per heavy atom. The first-order chi connectivity index (χ1) is 11.4. The topological polar surface area (TPSA) is 30.5 Å². The lowest BCUT2D eigenvalue weighted by Crippen LogP contribution is -2.08. The van der Waals surface area contributed by atoms with Crippen LogP contribution in [0.3, 0.4) is 0 Å². The van der Waals surface area contributed by atoms with Gasteiger partial charge < -0.3 is 14.8 Å². The van der Waals surface area contributed by atoms with Gasteiger partial charge in [-0.15, -0.1) is 0 Å². The minimum Gasteiger partial charge on any atom is -0.490 e. The molecular formula is C18H20Cl2FNO2. The predicted octanol–water partition coefficient (Wildman–Crippen LogP) is 5.93. The molecule has 0 heterocycles. The summed E-state index contributed by atoms with van der Waals surface area (Å²) in [6.07, 6.45) is 0.0191. The number of anilines is 1. The monoisotopic (exact) mass is 371 g/mol.